The van der Waals surface area contributed by atoms with E-state index in [1.54, 1.807) is 24.2 Å². The second-order valence-corrected chi connectivity index (χ2v) is 6.61. The van der Waals surface area contributed by atoms with E-state index >= 15 is 0 Å². The fourth-order valence-corrected chi connectivity index (χ4v) is 3.96. The quantitative estimate of drug-likeness (QED) is 0.937. The van der Waals surface area contributed by atoms with Gasteiger partial charge in [0.05, 0.1) is 12.3 Å². The fourth-order valence-electron chi connectivity index (χ4n) is 2.71. The minimum Gasteiger partial charge on any atom is -0.366 e. The summed E-state index contributed by atoms with van der Waals surface area (Å²) < 4.78 is 0. The topological polar surface area (TPSA) is 48.7 Å². The van der Waals surface area contributed by atoms with E-state index < -0.39 is 5.72 Å². The van der Waals surface area contributed by atoms with Gasteiger partial charge in [0.1, 0.15) is 0 Å². The molecular formula is C18H21N3OS. The summed E-state index contributed by atoms with van der Waals surface area (Å²) in [7, 11) is 0. The monoisotopic (exact) mass is 327 g/mol. The summed E-state index contributed by atoms with van der Waals surface area (Å²) in [5.41, 5.74) is 2.25. The first-order chi connectivity index (χ1) is 11.1. The number of thioether (sulfide) groups is 1. The highest BCUT2D eigenvalue weighted by molar-refractivity contribution is 8.14. The first kappa shape index (κ1) is 16.0. The lowest BCUT2D eigenvalue weighted by molar-refractivity contribution is -0.0453. The Kier molecular flexibility index (Phi) is 4.68. The van der Waals surface area contributed by atoms with Crippen LogP contribution in [0.25, 0.3) is 0 Å². The summed E-state index contributed by atoms with van der Waals surface area (Å²) in [6, 6.07) is 12.0. The van der Waals surface area contributed by atoms with E-state index in [9.17, 15) is 5.11 Å². The Bertz CT molecular complexity index is 687. The largest absolute Gasteiger partial charge is 0.366 e. The van der Waals surface area contributed by atoms with Crippen LogP contribution in [0.15, 0.2) is 53.8 Å². The number of aromatic nitrogens is 1. The van der Waals surface area contributed by atoms with E-state index in [-0.39, 0.29) is 0 Å². The molecule has 1 saturated heterocycles. The molecule has 4 nitrogen and oxygen atoms in total. The minimum atomic E-state index is -0.982. The van der Waals surface area contributed by atoms with Gasteiger partial charge in [0, 0.05) is 24.5 Å². The number of pyridine rings is 1. The lowest BCUT2D eigenvalue weighted by atomic mass is 10.0. The van der Waals surface area contributed by atoms with Crippen molar-refractivity contribution in [2.24, 2.45) is 4.99 Å². The molecule has 0 spiro atoms. The number of amidine groups is 1. The van der Waals surface area contributed by atoms with Gasteiger partial charge in [-0.3, -0.25) is 9.98 Å². The third kappa shape index (κ3) is 3.26. The second-order valence-electron chi connectivity index (χ2n) is 5.67. The number of hydrogen-bond donors (Lipinski definition) is 1. The Morgan fingerprint density at radius 2 is 1.91 bits per heavy atom. The lowest BCUT2D eigenvalue weighted by Crippen LogP contribution is -2.44. The number of aliphatic hydroxyl groups is 1. The predicted octanol–water partition coefficient (Wildman–Crippen LogP) is 3.16. The summed E-state index contributed by atoms with van der Waals surface area (Å²) in [6.45, 7) is 5.42. The zero-order chi connectivity index (χ0) is 16.3. The third-order valence-electron chi connectivity index (χ3n) is 4.06. The molecule has 2 heterocycles. The molecular weight excluding hydrogens is 306 g/mol. The van der Waals surface area contributed by atoms with Crippen LogP contribution in [0.1, 0.15) is 23.6 Å². The van der Waals surface area contributed by atoms with Crippen LogP contribution in [0.2, 0.25) is 0 Å². The number of nitrogens with zero attached hydrogens (tertiary/aromatic N) is 3. The van der Waals surface area contributed by atoms with Gasteiger partial charge in [0.25, 0.3) is 0 Å². The maximum Gasteiger partial charge on any atom is 0.175 e. The Morgan fingerprint density at radius 3 is 2.57 bits per heavy atom. The fraction of sp³-hybridized carbons (Fsp3) is 0.333. The second kappa shape index (κ2) is 6.72. The first-order valence-electron chi connectivity index (χ1n) is 7.77. The van der Waals surface area contributed by atoms with Gasteiger partial charge in [0.2, 0.25) is 0 Å². The zero-order valence-corrected chi connectivity index (χ0v) is 14.3. The van der Waals surface area contributed by atoms with E-state index in [1.165, 1.54) is 5.56 Å². The van der Waals surface area contributed by atoms with Gasteiger partial charge < -0.3 is 10.0 Å². The number of aliphatic imine (C=N–C) groups is 1. The van der Waals surface area contributed by atoms with Crippen LogP contribution in [0, 0.1) is 6.92 Å². The van der Waals surface area contributed by atoms with E-state index in [0.717, 1.165) is 16.3 Å². The molecule has 0 bridgehead atoms. The smallest absolute Gasteiger partial charge is 0.175 e. The van der Waals surface area contributed by atoms with Gasteiger partial charge in [-0.2, -0.15) is 0 Å². The highest BCUT2D eigenvalue weighted by atomic mass is 32.2. The van der Waals surface area contributed by atoms with Gasteiger partial charge in [-0.05, 0) is 31.5 Å². The highest BCUT2D eigenvalue weighted by Crippen LogP contribution is 2.39. The van der Waals surface area contributed by atoms with Gasteiger partial charge in [-0.1, -0.05) is 41.6 Å². The van der Waals surface area contributed by atoms with Crippen molar-refractivity contribution >= 4 is 16.9 Å². The van der Waals surface area contributed by atoms with E-state index in [4.69, 9.17) is 4.99 Å². The van der Waals surface area contributed by atoms with Crippen molar-refractivity contribution in [1.82, 2.24) is 9.88 Å². The maximum absolute atomic E-state index is 11.2. The molecule has 2 aromatic rings. The summed E-state index contributed by atoms with van der Waals surface area (Å²) in [4.78, 5) is 10.7. The van der Waals surface area contributed by atoms with Crippen LogP contribution >= 0.6 is 11.8 Å². The molecule has 5 heteroatoms. The minimum absolute atomic E-state index is 0.596. The highest BCUT2D eigenvalue weighted by Gasteiger charge is 2.43. The van der Waals surface area contributed by atoms with E-state index in [1.807, 2.05) is 48.2 Å². The molecule has 1 fully saturated rings. The predicted molar refractivity (Wildman–Crippen MR) is 95.3 cm³/mol. The lowest BCUT2D eigenvalue weighted by Gasteiger charge is -2.33. The molecule has 1 atom stereocenters. The molecule has 23 heavy (non-hydrogen) atoms. The van der Waals surface area contributed by atoms with Gasteiger partial charge in [-0.15, -0.1) is 0 Å². The molecule has 1 aromatic carbocycles. The summed E-state index contributed by atoms with van der Waals surface area (Å²) in [5, 5.41) is 12.1. The molecule has 120 valence electrons. The van der Waals surface area contributed by atoms with Crippen molar-refractivity contribution in [1.29, 1.82) is 0 Å². The van der Waals surface area contributed by atoms with E-state index in [0.29, 0.717) is 18.8 Å². The van der Waals surface area contributed by atoms with Crippen molar-refractivity contribution in [3.63, 3.8) is 0 Å². The molecule has 1 N–H and O–H groups in total. The Hall–Kier alpha value is -1.85. The summed E-state index contributed by atoms with van der Waals surface area (Å²) in [5.74, 6) is 0.596. The SMILES string of the molecule is CCN1C(=NCc2ccncc2)SC[C@]1(O)c1ccc(C)cc1. The van der Waals surface area contributed by atoms with Crippen molar-refractivity contribution < 1.29 is 5.11 Å². The van der Waals surface area contributed by atoms with Gasteiger partial charge in [-0.25, -0.2) is 0 Å². The Balaban J connectivity index is 1.83. The van der Waals surface area contributed by atoms with Gasteiger partial charge in [0.15, 0.2) is 10.9 Å². The van der Waals surface area contributed by atoms with Crippen molar-refractivity contribution in [2.75, 3.05) is 12.3 Å². The average molecular weight is 327 g/mol. The standard InChI is InChI=1S/C18H21N3OS/c1-3-21-17(20-12-15-8-10-19-11-9-15)23-13-18(21,22)16-6-4-14(2)5-7-16/h4-11,22H,3,12-13H2,1-2H3/t18-/m0/s1. The first-order valence-corrected chi connectivity index (χ1v) is 8.75. The number of hydrogen-bond acceptors (Lipinski definition) is 4. The van der Waals surface area contributed by atoms with Crippen LogP contribution in [0.5, 0.6) is 0 Å². The van der Waals surface area contributed by atoms with Crippen molar-refractivity contribution in [2.45, 2.75) is 26.1 Å². The molecule has 1 aliphatic heterocycles. The van der Waals surface area contributed by atoms with Crippen LogP contribution in [-0.2, 0) is 12.3 Å². The van der Waals surface area contributed by atoms with E-state index in [2.05, 4.69) is 11.9 Å². The molecule has 0 aliphatic carbocycles. The normalized spacial score (nSPS) is 22.7. The molecule has 0 radical (unpaired) electrons. The number of rotatable bonds is 4. The Morgan fingerprint density at radius 1 is 1.22 bits per heavy atom. The zero-order valence-electron chi connectivity index (χ0n) is 13.4. The molecule has 0 amide bonds. The van der Waals surface area contributed by atoms with Crippen LogP contribution in [0.4, 0.5) is 0 Å². The number of benzene rings is 1. The van der Waals surface area contributed by atoms with Crippen LogP contribution < -0.4 is 0 Å². The van der Waals surface area contributed by atoms with Crippen LogP contribution in [0.3, 0.4) is 0 Å². The molecule has 0 unspecified atom stereocenters. The van der Waals surface area contributed by atoms with Gasteiger partial charge >= 0.3 is 0 Å². The maximum atomic E-state index is 11.2. The number of aryl methyl sites for hydroxylation is 1. The molecule has 1 aliphatic rings. The average Bonchev–Trinajstić information content (AvgIpc) is 2.91. The van der Waals surface area contributed by atoms with Crippen molar-refractivity contribution in [3.8, 4) is 0 Å². The van der Waals surface area contributed by atoms with Crippen molar-refractivity contribution in [3.05, 3.63) is 65.5 Å². The summed E-state index contributed by atoms with van der Waals surface area (Å²) in [6.07, 6.45) is 3.55. The summed E-state index contributed by atoms with van der Waals surface area (Å²) >= 11 is 1.61. The van der Waals surface area contributed by atoms with Crippen LogP contribution in [-0.4, -0.2) is 32.5 Å². The molecule has 1 aromatic heterocycles. The Labute approximate surface area is 141 Å². The third-order valence-corrected chi connectivity index (χ3v) is 5.21. The molecule has 0 saturated carbocycles. The molecule has 3 rings (SSSR count).